The molecule has 1 amide bonds. The highest BCUT2D eigenvalue weighted by Crippen LogP contribution is 2.40. The van der Waals surface area contributed by atoms with E-state index in [0.29, 0.717) is 34.6 Å². The van der Waals surface area contributed by atoms with Crippen molar-refractivity contribution in [1.82, 2.24) is 14.8 Å². The number of nitrogens with one attached hydrogen (secondary N) is 1. The summed E-state index contributed by atoms with van der Waals surface area (Å²) in [5, 5.41) is 12.8. The topological polar surface area (TPSA) is 95.3 Å². The molecule has 1 atom stereocenters. The monoisotopic (exact) mass is 526 g/mol. The number of fused-ring (bicyclic) bond motifs is 1. The Kier molecular flexibility index (Phi) is 8.48. The highest BCUT2D eigenvalue weighted by molar-refractivity contribution is 7.99. The Labute approximate surface area is 219 Å². The molecule has 3 aromatic rings. The van der Waals surface area contributed by atoms with Gasteiger partial charge in [0, 0.05) is 17.8 Å². The number of carbonyl (C=O) groups excluding carboxylic acids is 2. The summed E-state index contributed by atoms with van der Waals surface area (Å²) in [5.74, 6) is 1.67. The van der Waals surface area contributed by atoms with Crippen molar-refractivity contribution < 1.29 is 19.1 Å². The van der Waals surface area contributed by atoms with E-state index in [9.17, 15) is 9.59 Å². The fourth-order valence-electron chi connectivity index (χ4n) is 4.24. The first-order valence-electron chi connectivity index (χ1n) is 11.7. The van der Waals surface area contributed by atoms with Crippen molar-refractivity contribution in [2.75, 3.05) is 25.3 Å². The smallest absolute Gasteiger partial charge is 0.341 e. The van der Waals surface area contributed by atoms with Crippen molar-refractivity contribution in [2.45, 2.75) is 44.3 Å². The number of carbonyl (C=O) groups is 2. The lowest BCUT2D eigenvalue weighted by atomic mass is 9.88. The second-order valence-corrected chi connectivity index (χ2v) is 10.8. The van der Waals surface area contributed by atoms with Gasteiger partial charge in [0.15, 0.2) is 5.16 Å². The summed E-state index contributed by atoms with van der Waals surface area (Å²) < 4.78 is 12.2. The Morgan fingerprint density at radius 2 is 2.06 bits per heavy atom. The normalized spacial score (nSPS) is 14.7. The Balaban J connectivity index is 1.45. The molecule has 1 N–H and O–H groups in total. The molecule has 2 aromatic heterocycles. The van der Waals surface area contributed by atoms with Gasteiger partial charge in [-0.25, -0.2) is 4.79 Å². The average molecular weight is 527 g/mol. The molecule has 0 saturated carbocycles. The number of thiophene rings is 1. The minimum absolute atomic E-state index is 0.136. The van der Waals surface area contributed by atoms with Crippen LogP contribution in [0.25, 0.3) is 0 Å². The molecule has 0 saturated heterocycles. The summed E-state index contributed by atoms with van der Waals surface area (Å²) in [6.07, 6.45) is 5.14. The summed E-state index contributed by atoms with van der Waals surface area (Å²) in [7, 11) is 3.01. The highest BCUT2D eigenvalue weighted by atomic mass is 32.2. The standard InChI is InChI=1S/C26H30N4O4S2/c1-5-12-30-21(14-17-7-9-18(33-3)10-8-17)28-29-26(30)35-15-22(31)27-24-23(25(32)34-4)19-11-6-16(2)13-20(19)36-24/h5,7-10,16H,1,6,11-15H2,2-4H3,(H,27,31). The van der Waals surface area contributed by atoms with Crippen molar-refractivity contribution in [3.8, 4) is 5.75 Å². The molecular formula is C26H30N4O4S2. The minimum atomic E-state index is -0.404. The van der Waals surface area contributed by atoms with Gasteiger partial charge in [-0.05, 0) is 48.4 Å². The van der Waals surface area contributed by atoms with Gasteiger partial charge in [0.25, 0.3) is 0 Å². The molecule has 4 rings (SSSR count). The molecule has 1 aromatic carbocycles. The number of methoxy groups -OCH3 is 2. The zero-order valence-electron chi connectivity index (χ0n) is 20.7. The van der Waals surface area contributed by atoms with Crippen LogP contribution in [0.2, 0.25) is 0 Å². The molecule has 1 unspecified atom stereocenters. The first-order chi connectivity index (χ1) is 17.4. The number of allylic oxidation sites excluding steroid dienone is 1. The predicted octanol–water partition coefficient (Wildman–Crippen LogP) is 4.77. The van der Waals surface area contributed by atoms with Crippen molar-refractivity contribution in [2.24, 2.45) is 5.92 Å². The van der Waals surface area contributed by atoms with Crippen molar-refractivity contribution >= 4 is 40.0 Å². The number of amides is 1. The van der Waals surface area contributed by atoms with E-state index in [0.717, 1.165) is 46.8 Å². The lowest BCUT2D eigenvalue weighted by Crippen LogP contribution is -2.17. The zero-order valence-corrected chi connectivity index (χ0v) is 22.3. The molecule has 2 heterocycles. The van der Waals surface area contributed by atoms with Crippen LogP contribution in [0.5, 0.6) is 5.75 Å². The van der Waals surface area contributed by atoms with Gasteiger partial charge in [0.2, 0.25) is 5.91 Å². The molecular weight excluding hydrogens is 496 g/mol. The number of aromatic nitrogens is 3. The van der Waals surface area contributed by atoms with Crippen LogP contribution in [-0.4, -0.2) is 46.6 Å². The third-order valence-electron chi connectivity index (χ3n) is 6.11. The van der Waals surface area contributed by atoms with Crippen LogP contribution in [-0.2, 0) is 35.3 Å². The molecule has 1 aliphatic rings. The number of anilines is 1. The van der Waals surface area contributed by atoms with Crippen LogP contribution in [0, 0.1) is 5.92 Å². The molecule has 0 fully saturated rings. The van der Waals surface area contributed by atoms with E-state index in [2.05, 4.69) is 29.0 Å². The predicted molar refractivity (Wildman–Crippen MR) is 142 cm³/mol. The molecule has 0 radical (unpaired) electrons. The van der Waals surface area contributed by atoms with Crippen LogP contribution in [0.4, 0.5) is 5.00 Å². The Hall–Kier alpha value is -3.11. The van der Waals surface area contributed by atoms with Gasteiger partial charge in [-0.15, -0.1) is 28.1 Å². The van der Waals surface area contributed by atoms with Gasteiger partial charge in [-0.1, -0.05) is 36.9 Å². The fraction of sp³-hybridized carbons (Fsp3) is 0.385. The SMILES string of the molecule is C=CCn1c(Cc2ccc(OC)cc2)nnc1SCC(=O)Nc1sc2c(c1C(=O)OC)CCC(C)C2. The first kappa shape index (κ1) is 26.0. The number of esters is 1. The number of benzene rings is 1. The van der Waals surface area contributed by atoms with Crippen molar-refractivity contribution in [1.29, 1.82) is 0 Å². The van der Waals surface area contributed by atoms with Gasteiger partial charge >= 0.3 is 5.97 Å². The number of nitrogens with zero attached hydrogens (tertiary/aromatic N) is 3. The molecule has 190 valence electrons. The fourth-order valence-corrected chi connectivity index (χ4v) is 6.43. The lowest BCUT2D eigenvalue weighted by molar-refractivity contribution is -0.113. The second kappa shape index (κ2) is 11.7. The highest BCUT2D eigenvalue weighted by Gasteiger charge is 2.29. The minimum Gasteiger partial charge on any atom is -0.497 e. The lowest BCUT2D eigenvalue weighted by Gasteiger charge is -2.18. The molecule has 0 bridgehead atoms. The van der Waals surface area contributed by atoms with Gasteiger partial charge in [0.05, 0.1) is 25.5 Å². The van der Waals surface area contributed by atoms with Gasteiger partial charge in [0.1, 0.15) is 16.6 Å². The quantitative estimate of drug-likeness (QED) is 0.231. The average Bonchev–Trinajstić information content (AvgIpc) is 3.42. The van der Waals surface area contributed by atoms with Crippen molar-refractivity contribution in [3.05, 3.63) is 64.3 Å². The number of rotatable bonds is 10. The van der Waals surface area contributed by atoms with Crippen LogP contribution in [0.15, 0.2) is 42.1 Å². The largest absolute Gasteiger partial charge is 0.497 e. The number of hydrogen-bond donors (Lipinski definition) is 1. The number of ether oxygens (including phenoxy) is 2. The summed E-state index contributed by atoms with van der Waals surface area (Å²) in [5.41, 5.74) is 2.59. The van der Waals surface area contributed by atoms with Crippen LogP contribution < -0.4 is 10.1 Å². The summed E-state index contributed by atoms with van der Waals surface area (Å²) >= 11 is 2.79. The summed E-state index contributed by atoms with van der Waals surface area (Å²) in [4.78, 5) is 26.5. The van der Waals surface area contributed by atoms with Crippen LogP contribution in [0.1, 0.15) is 45.5 Å². The zero-order chi connectivity index (χ0) is 25.7. The molecule has 10 heteroatoms. The Bertz CT molecular complexity index is 1250. The Morgan fingerprint density at radius 1 is 1.28 bits per heavy atom. The molecule has 1 aliphatic carbocycles. The Morgan fingerprint density at radius 3 is 2.75 bits per heavy atom. The molecule has 0 spiro atoms. The van der Waals surface area contributed by atoms with E-state index in [1.165, 1.54) is 30.2 Å². The van der Waals surface area contributed by atoms with Gasteiger partial charge in [-0.3, -0.25) is 4.79 Å². The van der Waals surface area contributed by atoms with E-state index in [-0.39, 0.29) is 11.7 Å². The van der Waals surface area contributed by atoms with Gasteiger partial charge in [-0.2, -0.15) is 0 Å². The van der Waals surface area contributed by atoms with E-state index in [1.54, 1.807) is 13.2 Å². The summed E-state index contributed by atoms with van der Waals surface area (Å²) in [6, 6.07) is 7.81. The molecule has 0 aliphatic heterocycles. The van der Waals surface area contributed by atoms with E-state index in [1.807, 2.05) is 28.8 Å². The summed E-state index contributed by atoms with van der Waals surface area (Å²) in [6.45, 7) is 6.58. The third-order valence-corrected chi connectivity index (χ3v) is 8.25. The van der Waals surface area contributed by atoms with E-state index in [4.69, 9.17) is 9.47 Å². The van der Waals surface area contributed by atoms with Gasteiger partial charge < -0.3 is 19.4 Å². The maximum Gasteiger partial charge on any atom is 0.341 e. The van der Waals surface area contributed by atoms with E-state index >= 15 is 0 Å². The first-order valence-corrected chi connectivity index (χ1v) is 13.5. The number of thioether (sulfide) groups is 1. The maximum atomic E-state index is 12.9. The van der Waals surface area contributed by atoms with Crippen LogP contribution in [0.3, 0.4) is 0 Å². The second-order valence-electron chi connectivity index (χ2n) is 8.71. The molecule has 36 heavy (non-hydrogen) atoms. The molecule has 8 nitrogen and oxygen atoms in total. The van der Waals surface area contributed by atoms with E-state index < -0.39 is 5.97 Å². The number of hydrogen-bond acceptors (Lipinski definition) is 8. The maximum absolute atomic E-state index is 12.9. The van der Waals surface area contributed by atoms with Crippen LogP contribution >= 0.6 is 23.1 Å². The third kappa shape index (κ3) is 5.82. The van der Waals surface area contributed by atoms with Crippen molar-refractivity contribution in [3.63, 3.8) is 0 Å².